The average molecular weight is 273 g/mol. The Hall–Kier alpha value is -1.39. The van der Waals surface area contributed by atoms with E-state index in [1.165, 1.54) is 5.52 Å². The molecule has 1 aromatic carbocycles. The van der Waals surface area contributed by atoms with Crippen LogP contribution < -0.4 is 5.32 Å². The van der Waals surface area contributed by atoms with Gasteiger partial charge in [0.25, 0.3) is 0 Å². The van der Waals surface area contributed by atoms with Crippen molar-refractivity contribution in [2.75, 3.05) is 0 Å². The lowest BCUT2D eigenvalue weighted by molar-refractivity contribution is 0.114. The predicted molar refractivity (Wildman–Crippen MR) is 80.5 cm³/mol. The number of aliphatic hydroxyl groups excluding tert-OH is 1. The van der Waals surface area contributed by atoms with Crippen molar-refractivity contribution < 1.29 is 5.11 Å². The van der Waals surface area contributed by atoms with E-state index < -0.39 is 0 Å². The fourth-order valence-electron chi connectivity index (χ4n) is 3.22. The van der Waals surface area contributed by atoms with Crippen LogP contribution in [-0.4, -0.2) is 26.8 Å². The number of para-hydroxylation sites is 2. The van der Waals surface area contributed by atoms with E-state index in [4.69, 9.17) is 4.98 Å². The molecule has 0 bridgehead atoms. The first-order valence-electron chi connectivity index (χ1n) is 7.50. The predicted octanol–water partition coefficient (Wildman–Crippen LogP) is 2.53. The van der Waals surface area contributed by atoms with Gasteiger partial charge >= 0.3 is 0 Å². The van der Waals surface area contributed by atoms with Crippen molar-refractivity contribution in [2.24, 2.45) is 7.05 Å². The number of fused-ring (bicyclic) bond motifs is 1. The molecule has 2 aromatic rings. The summed E-state index contributed by atoms with van der Waals surface area (Å²) in [5, 5.41) is 13.2. The lowest BCUT2D eigenvalue weighted by atomic mass is 9.92. The molecule has 0 aliphatic heterocycles. The van der Waals surface area contributed by atoms with Crippen LogP contribution in [0.2, 0.25) is 0 Å². The topological polar surface area (TPSA) is 50.1 Å². The van der Waals surface area contributed by atoms with E-state index in [2.05, 4.69) is 42.1 Å². The van der Waals surface area contributed by atoms with Crippen LogP contribution in [0.4, 0.5) is 0 Å². The molecular weight excluding hydrogens is 250 g/mol. The first kappa shape index (κ1) is 13.6. The fourth-order valence-corrected chi connectivity index (χ4v) is 3.22. The maximum Gasteiger partial charge on any atom is 0.126 e. The van der Waals surface area contributed by atoms with Gasteiger partial charge in [-0.05, 0) is 44.7 Å². The molecule has 2 N–H and O–H groups in total. The van der Waals surface area contributed by atoms with Gasteiger partial charge in [-0.15, -0.1) is 0 Å². The molecule has 1 aromatic heterocycles. The Balaban J connectivity index is 1.75. The van der Waals surface area contributed by atoms with E-state index in [1.807, 2.05) is 6.07 Å². The van der Waals surface area contributed by atoms with Crippen LogP contribution >= 0.6 is 0 Å². The van der Waals surface area contributed by atoms with Gasteiger partial charge in [0, 0.05) is 13.1 Å². The number of hydrogen-bond acceptors (Lipinski definition) is 3. The van der Waals surface area contributed by atoms with Crippen molar-refractivity contribution in [2.45, 2.75) is 50.8 Å². The molecule has 0 amide bonds. The summed E-state index contributed by atoms with van der Waals surface area (Å²) < 4.78 is 2.17. The largest absolute Gasteiger partial charge is 0.393 e. The Morgan fingerprint density at radius 1 is 1.25 bits per heavy atom. The standard InChI is InChI=1S/C16H23N3O/c1-11(17-12-7-9-13(20)10-8-12)16-18-14-5-3-4-6-15(14)19(16)2/h3-6,11-13,17,20H,7-10H2,1-2H3. The molecule has 4 nitrogen and oxygen atoms in total. The summed E-state index contributed by atoms with van der Waals surface area (Å²) in [6.07, 6.45) is 3.82. The van der Waals surface area contributed by atoms with Gasteiger partial charge in [-0.2, -0.15) is 0 Å². The number of aryl methyl sites for hydroxylation is 1. The summed E-state index contributed by atoms with van der Waals surface area (Å²) in [6.45, 7) is 2.17. The lowest BCUT2D eigenvalue weighted by Crippen LogP contribution is -2.36. The van der Waals surface area contributed by atoms with Crippen molar-refractivity contribution in [3.8, 4) is 0 Å². The average Bonchev–Trinajstić information content (AvgIpc) is 2.79. The molecule has 1 atom stereocenters. The summed E-state index contributed by atoms with van der Waals surface area (Å²) >= 11 is 0. The highest BCUT2D eigenvalue weighted by molar-refractivity contribution is 5.75. The van der Waals surface area contributed by atoms with Gasteiger partial charge in [0.2, 0.25) is 0 Å². The molecule has 1 aliphatic carbocycles. The van der Waals surface area contributed by atoms with Gasteiger partial charge in [-0.1, -0.05) is 12.1 Å². The molecule has 1 unspecified atom stereocenters. The molecule has 1 heterocycles. The van der Waals surface area contributed by atoms with Crippen LogP contribution in [-0.2, 0) is 7.05 Å². The maximum atomic E-state index is 9.57. The van der Waals surface area contributed by atoms with E-state index in [1.54, 1.807) is 0 Å². The SMILES string of the molecule is CC(NC1CCC(O)CC1)c1nc2ccccc2n1C. The van der Waals surface area contributed by atoms with E-state index in [9.17, 15) is 5.11 Å². The Morgan fingerprint density at radius 3 is 2.65 bits per heavy atom. The zero-order chi connectivity index (χ0) is 14.1. The van der Waals surface area contributed by atoms with Gasteiger partial charge in [0.15, 0.2) is 0 Å². The van der Waals surface area contributed by atoms with E-state index in [0.29, 0.717) is 6.04 Å². The quantitative estimate of drug-likeness (QED) is 0.903. The fraction of sp³-hybridized carbons (Fsp3) is 0.562. The second-order valence-corrected chi connectivity index (χ2v) is 5.91. The number of benzene rings is 1. The normalized spacial score (nSPS) is 24.9. The zero-order valence-electron chi connectivity index (χ0n) is 12.2. The molecule has 3 rings (SSSR count). The number of hydrogen-bond donors (Lipinski definition) is 2. The van der Waals surface area contributed by atoms with Crippen LogP contribution in [0.15, 0.2) is 24.3 Å². The van der Waals surface area contributed by atoms with E-state index in [-0.39, 0.29) is 12.1 Å². The molecule has 4 heteroatoms. The van der Waals surface area contributed by atoms with Crippen LogP contribution in [0.5, 0.6) is 0 Å². The second-order valence-electron chi connectivity index (χ2n) is 5.91. The number of imidazole rings is 1. The molecule has 20 heavy (non-hydrogen) atoms. The van der Waals surface area contributed by atoms with Crippen molar-refractivity contribution in [3.63, 3.8) is 0 Å². The molecule has 1 fully saturated rings. The monoisotopic (exact) mass is 273 g/mol. The highest BCUT2D eigenvalue weighted by Gasteiger charge is 2.22. The third-order valence-electron chi connectivity index (χ3n) is 4.39. The summed E-state index contributed by atoms with van der Waals surface area (Å²) in [5.41, 5.74) is 2.23. The minimum atomic E-state index is -0.0981. The Bertz CT molecular complexity index is 584. The maximum absolute atomic E-state index is 9.57. The summed E-state index contributed by atoms with van der Waals surface area (Å²) in [7, 11) is 2.08. The molecule has 1 aliphatic rings. The first-order chi connectivity index (χ1) is 9.65. The molecule has 1 saturated carbocycles. The number of nitrogens with zero attached hydrogens (tertiary/aromatic N) is 2. The molecule has 0 saturated heterocycles. The van der Waals surface area contributed by atoms with Gasteiger partial charge in [-0.3, -0.25) is 0 Å². The molecular formula is C16H23N3O. The second kappa shape index (κ2) is 5.54. The molecule has 0 radical (unpaired) electrons. The Kier molecular flexibility index (Phi) is 3.76. The van der Waals surface area contributed by atoms with E-state index in [0.717, 1.165) is 37.0 Å². The van der Waals surface area contributed by atoms with Gasteiger partial charge in [0.1, 0.15) is 5.82 Å². The van der Waals surface area contributed by atoms with Crippen molar-refractivity contribution in [1.29, 1.82) is 0 Å². The Labute approximate surface area is 119 Å². The first-order valence-corrected chi connectivity index (χ1v) is 7.50. The van der Waals surface area contributed by atoms with Crippen molar-refractivity contribution in [3.05, 3.63) is 30.1 Å². The third kappa shape index (κ3) is 2.58. The highest BCUT2D eigenvalue weighted by atomic mass is 16.3. The van der Waals surface area contributed by atoms with Crippen molar-refractivity contribution >= 4 is 11.0 Å². The number of aromatic nitrogens is 2. The number of nitrogens with one attached hydrogen (secondary N) is 1. The summed E-state index contributed by atoms with van der Waals surface area (Å²) in [5.74, 6) is 1.08. The van der Waals surface area contributed by atoms with Gasteiger partial charge in [0.05, 0.1) is 23.2 Å². The Morgan fingerprint density at radius 2 is 1.95 bits per heavy atom. The van der Waals surface area contributed by atoms with Crippen molar-refractivity contribution in [1.82, 2.24) is 14.9 Å². The van der Waals surface area contributed by atoms with Crippen LogP contribution in [0, 0.1) is 0 Å². The smallest absolute Gasteiger partial charge is 0.126 e. The van der Waals surface area contributed by atoms with Crippen LogP contribution in [0.25, 0.3) is 11.0 Å². The van der Waals surface area contributed by atoms with Crippen LogP contribution in [0.3, 0.4) is 0 Å². The molecule has 0 spiro atoms. The van der Waals surface area contributed by atoms with Gasteiger partial charge < -0.3 is 15.0 Å². The highest BCUT2D eigenvalue weighted by Crippen LogP contribution is 2.23. The number of rotatable bonds is 3. The van der Waals surface area contributed by atoms with E-state index >= 15 is 0 Å². The minimum Gasteiger partial charge on any atom is -0.393 e. The number of aliphatic hydroxyl groups is 1. The zero-order valence-corrected chi connectivity index (χ0v) is 12.2. The van der Waals surface area contributed by atoms with Gasteiger partial charge in [-0.25, -0.2) is 4.98 Å². The summed E-state index contributed by atoms with van der Waals surface area (Å²) in [6, 6.07) is 8.97. The van der Waals surface area contributed by atoms with Crippen LogP contribution in [0.1, 0.15) is 44.5 Å². The third-order valence-corrected chi connectivity index (χ3v) is 4.39. The summed E-state index contributed by atoms with van der Waals surface area (Å²) in [4.78, 5) is 4.74. The molecule has 108 valence electrons. The minimum absolute atomic E-state index is 0.0981. The lowest BCUT2D eigenvalue weighted by Gasteiger charge is -2.28.